The van der Waals surface area contributed by atoms with Crippen LogP contribution in [0.4, 0.5) is 0 Å². The van der Waals surface area contributed by atoms with E-state index in [9.17, 15) is 0 Å². The number of aromatic nitrogens is 2. The Morgan fingerprint density at radius 1 is 1.53 bits per heavy atom. The summed E-state index contributed by atoms with van der Waals surface area (Å²) in [6.45, 7) is 7.50. The number of piperidine rings is 1. The first-order valence-corrected chi connectivity index (χ1v) is 7.32. The summed E-state index contributed by atoms with van der Waals surface area (Å²) in [6, 6.07) is 0. The Hall–Kier alpha value is -0.0600. The molecule has 3 nitrogen and oxygen atoms in total. The number of halogens is 2. The van der Waals surface area contributed by atoms with Gasteiger partial charge in [0, 0.05) is 30.5 Å². The van der Waals surface area contributed by atoms with Crippen LogP contribution in [0.25, 0.3) is 0 Å². The lowest BCUT2D eigenvalue weighted by molar-refractivity contribution is 0.183. The second-order valence-corrected chi connectivity index (χ2v) is 6.53. The molecule has 1 aromatic rings. The fraction of sp³-hybridized carbons (Fsp3) is 0.750. The highest BCUT2D eigenvalue weighted by molar-refractivity contribution is 9.09. The molecule has 2 rings (SSSR count). The third-order valence-corrected chi connectivity index (χ3v) is 5.37. The summed E-state index contributed by atoms with van der Waals surface area (Å²) < 4.78 is 1.76. The smallest absolute Gasteiger partial charge is 0.131 e. The van der Waals surface area contributed by atoms with E-state index in [1.165, 1.54) is 12.0 Å². The summed E-state index contributed by atoms with van der Waals surface area (Å²) in [7, 11) is 1.90. The van der Waals surface area contributed by atoms with Crippen LogP contribution in [0, 0.1) is 12.8 Å². The molecule has 17 heavy (non-hydrogen) atoms. The van der Waals surface area contributed by atoms with Gasteiger partial charge in [0.15, 0.2) is 0 Å². The summed E-state index contributed by atoms with van der Waals surface area (Å²) in [5.74, 6) is 0.694. The standard InChI is InChI=1S/C12H19BrClN3/c1-8-6-17(5-4-11(8)13)7-10-9(2)15-16(3)12(10)14/h8,11H,4-7H2,1-3H3. The number of hydrogen-bond acceptors (Lipinski definition) is 2. The lowest BCUT2D eigenvalue weighted by Crippen LogP contribution is -2.39. The third kappa shape index (κ3) is 2.85. The van der Waals surface area contributed by atoms with Crippen molar-refractivity contribution in [2.24, 2.45) is 13.0 Å². The van der Waals surface area contributed by atoms with Gasteiger partial charge in [-0.25, -0.2) is 0 Å². The maximum absolute atomic E-state index is 6.26. The van der Waals surface area contributed by atoms with E-state index in [1.54, 1.807) is 4.68 Å². The maximum atomic E-state index is 6.26. The molecule has 2 unspecified atom stereocenters. The molecular weight excluding hydrogens is 302 g/mol. The Labute approximate surface area is 116 Å². The second kappa shape index (κ2) is 5.29. The molecule has 1 aliphatic rings. The topological polar surface area (TPSA) is 21.1 Å². The number of likely N-dealkylation sites (tertiary alicyclic amines) is 1. The molecule has 1 aliphatic heterocycles. The average Bonchev–Trinajstić information content (AvgIpc) is 2.50. The minimum Gasteiger partial charge on any atom is -0.299 e. The summed E-state index contributed by atoms with van der Waals surface area (Å²) >= 11 is 9.99. The molecule has 0 aliphatic carbocycles. The van der Waals surface area contributed by atoms with Crippen molar-refractivity contribution in [1.82, 2.24) is 14.7 Å². The molecule has 2 atom stereocenters. The monoisotopic (exact) mass is 319 g/mol. The van der Waals surface area contributed by atoms with E-state index in [0.29, 0.717) is 10.7 Å². The number of nitrogens with zero attached hydrogens (tertiary/aromatic N) is 3. The number of aryl methyl sites for hydroxylation is 2. The highest BCUT2D eigenvalue weighted by Gasteiger charge is 2.25. The van der Waals surface area contributed by atoms with Gasteiger partial charge in [-0.05, 0) is 25.8 Å². The second-order valence-electron chi connectivity index (χ2n) is 5.00. The van der Waals surface area contributed by atoms with E-state index >= 15 is 0 Å². The molecule has 5 heteroatoms. The zero-order valence-electron chi connectivity index (χ0n) is 10.6. The fourth-order valence-electron chi connectivity index (χ4n) is 2.42. The normalized spacial score (nSPS) is 26.4. The lowest BCUT2D eigenvalue weighted by Gasteiger charge is -2.34. The van der Waals surface area contributed by atoms with E-state index in [1.807, 2.05) is 14.0 Å². The van der Waals surface area contributed by atoms with Gasteiger partial charge in [-0.2, -0.15) is 5.10 Å². The number of alkyl halides is 1. The quantitative estimate of drug-likeness (QED) is 0.781. The Bertz CT molecular complexity index is 405. The van der Waals surface area contributed by atoms with Gasteiger partial charge in [0.2, 0.25) is 0 Å². The third-order valence-electron chi connectivity index (χ3n) is 3.54. The van der Waals surface area contributed by atoms with Gasteiger partial charge < -0.3 is 0 Å². The van der Waals surface area contributed by atoms with Gasteiger partial charge in [0.1, 0.15) is 5.15 Å². The van der Waals surface area contributed by atoms with E-state index in [4.69, 9.17) is 11.6 Å². The molecule has 0 radical (unpaired) electrons. The molecule has 0 spiro atoms. The van der Waals surface area contributed by atoms with Crippen LogP contribution in [-0.4, -0.2) is 32.6 Å². The van der Waals surface area contributed by atoms with Crippen molar-refractivity contribution >= 4 is 27.5 Å². The van der Waals surface area contributed by atoms with Gasteiger partial charge in [-0.15, -0.1) is 0 Å². The molecule has 2 heterocycles. The van der Waals surface area contributed by atoms with Crippen molar-refractivity contribution in [3.63, 3.8) is 0 Å². The van der Waals surface area contributed by atoms with Crippen molar-refractivity contribution in [2.45, 2.75) is 31.6 Å². The molecule has 96 valence electrons. The number of hydrogen-bond donors (Lipinski definition) is 0. The molecule has 0 bridgehead atoms. The fourth-order valence-corrected chi connectivity index (χ4v) is 3.03. The van der Waals surface area contributed by atoms with E-state index in [0.717, 1.165) is 30.5 Å². The van der Waals surface area contributed by atoms with Gasteiger partial charge in [0.25, 0.3) is 0 Å². The molecule has 0 aromatic carbocycles. The maximum Gasteiger partial charge on any atom is 0.131 e. The van der Waals surface area contributed by atoms with Crippen LogP contribution < -0.4 is 0 Å². The molecule has 1 saturated heterocycles. The zero-order valence-corrected chi connectivity index (χ0v) is 12.9. The molecule has 0 saturated carbocycles. The lowest BCUT2D eigenvalue weighted by atomic mass is 9.99. The van der Waals surface area contributed by atoms with Crippen molar-refractivity contribution < 1.29 is 0 Å². The summed E-state index contributed by atoms with van der Waals surface area (Å²) in [6.07, 6.45) is 1.21. The van der Waals surface area contributed by atoms with Crippen LogP contribution in [0.15, 0.2) is 0 Å². The Balaban J connectivity index is 2.06. The largest absolute Gasteiger partial charge is 0.299 e. The molecule has 0 amide bonds. The zero-order chi connectivity index (χ0) is 12.6. The summed E-state index contributed by atoms with van der Waals surface area (Å²) in [5, 5.41) is 5.13. The van der Waals surface area contributed by atoms with Crippen LogP contribution in [0.3, 0.4) is 0 Å². The van der Waals surface area contributed by atoms with Gasteiger partial charge in [-0.1, -0.05) is 34.5 Å². The Morgan fingerprint density at radius 2 is 2.24 bits per heavy atom. The summed E-state index contributed by atoms with van der Waals surface area (Å²) in [5.41, 5.74) is 2.22. The van der Waals surface area contributed by atoms with Crippen LogP contribution in [0.2, 0.25) is 5.15 Å². The Kier molecular flexibility index (Phi) is 4.16. The van der Waals surface area contributed by atoms with Crippen molar-refractivity contribution in [3.8, 4) is 0 Å². The van der Waals surface area contributed by atoms with Crippen molar-refractivity contribution in [1.29, 1.82) is 0 Å². The minimum absolute atomic E-state index is 0.657. The predicted molar refractivity (Wildman–Crippen MR) is 74.7 cm³/mol. The van der Waals surface area contributed by atoms with Gasteiger partial charge in [-0.3, -0.25) is 9.58 Å². The first-order chi connectivity index (χ1) is 7.99. The van der Waals surface area contributed by atoms with Crippen LogP contribution >= 0.6 is 27.5 Å². The molecule has 1 fully saturated rings. The first kappa shape index (κ1) is 13.4. The molecule has 1 aromatic heterocycles. The van der Waals surface area contributed by atoms with E-state index in [2.05, 4.69) is 32.9 Å². The predicted octanol–water partition coefficient (Wildman–Crippen LogP) is 2.99. The van der Waals surface area contributed by atoms with Crippen LogP contribution in [-0.2, 0) is 13.6 Å². The Morgan fingerprint density at radius 3 is 2.76 bits per heavy atom. The highest BCUT2D eigenvalue weighted by Crippen LogP contribution is 2.27. The SMILES string of the molecule is Cc1nn(C)c(Cl)c1CN1CCC(Br)C(C)C1. The van der Waals surface area contributed by atoms with Crippen LogP contribution in [0.1, 0.15) is 24.6 Å². The first-order valence-electron chi connectivity index (χ1n) is 6.03. The minimum atomic E-state index is 0.657. The van der Waals surface area contributed by atoms with E-state index in [-0.39, 0.29) is 0 Å². The van der Waals surface area contributed by atoms with Crippen molar-refractivity contribution in [3.05, 3.63) is 16.4 Å². The molecule has 0 N–H and O–H groups in total. The summed E-state index contributed by atoms with van der Waals surface area (Å²) in [4.78, 5) is 3.13. The highest BCUT2D eigenvalue weighted by atomic mass is 79.9. The number of rotatable bonds is 2. The van der Waals surface area contributed by atoms with Crippen molar-refractivity contribution in [2.75, 3.05) is 13.1 Å². The van der Waals surface area contributed by atoms with Gasteiger partial charge >= 0.3 is 0 Å². The average molecular weight is 321 g/mol. The van der Waals surface area contributed by atoms with Crippen LogP contribution in [0.5, 0.6) is 0 Å². The van der Waals surface area contributed by atoms with Gasteiger partial charge in [0.05, 0.1) is 5.69 Å². The molecular formula is C12H19BrClN3. The van der Waals surface area contributed by atoms with E-state index < -0.39 is 0 Å².